The Bertz CT molecular complexity index is 1820. The number of imidazole rings is 1. The number of fused-ring (bicyclic) bond motifs is 2. The van der Waals surface area contributed by atoms with Crippen LogP contribution in [0.2, 0.25) is 5.02 Å². The topological polar surface area (TPSA) is 82.8 Å². The number of aromatic nitrogens is 2. The first-order chi connectivity index (χ1) is 21.1. The normalized spacial score (nSPS) is 20.2. The van der Waals surface area contributed by atoms with E-state index in [1.54, 1.807) is 22.8 Å². The summed E-state index contributed by atoms with van der Waals surface area (Å²) in [7, 11) is 0. The largest absolute Gasteiger partial charge is 0.478 e. The number of carboxylic acid groups (broad SMARTS) is 1. The lowest BCUT2D eigenvalue weighted by Gasteiger charge is -2.27. The highest BCUT2D eigenvalue weighted by molar-refractivity contribution is 6.30. The van der Waals surface area contributed by atoms with E-state index < -0.39 is 29.6 Å². The van der Waals surface area contributed by atoms with Crippen LogP contribution in [0, 0.1) is 5.82 Å². The van der Waals surface area contributed by atoms with Gasteiger partial charge in [-0.05, 0) is 60.5 Å². The van der Waals surface area contributed by atoms with E-state index in [4.69, 9.17) is 25.8 Å². The summed E-state index contributed by atoms with van der Waals surface area (Å²) in [6.45, 7) is 6.05. The SMILES string of the molecule is C=C/C(F)=C(/Cc1nc2ccc(C(=O)O)cc2n1C[C@@H]1CCO1)CC(F)c1cccc2c1OC(C)(c1ccc(Cl)cc1F)O2. The molecule has 2 unspecified atom stereocenters. The molecule has 0 aliphatic carbocycles. The van der Waals surface area contributed by atoms with Gasteiger partial charge in [-0.2, -0.15) is 0 Å². The van der Waals surface area contributed by atoms with Crippen LogP contribution in [0.15, 0.2) is 78.7 Å². The first kappa shape index (κ1) is 29.8. The fourth-order valence-corrected chi connectivity index (χ4v) is 5.71. The Morgan fingerprint density at radius 3 is 2.73 bits per heavy atom. The fourth-order valence-electron chi connectivity index (χ4n) is 5.55. The van der Waals surface area contributed by atoms with Crippen LogP contribution in [-0.4, -0.2) is 33.3 Å². The van der Waals surface area contributed by atoms with E-state index in [0.29, 0.717) is 30.0 Å². The van der Waals surface area contributed by atoms with Crippen LogP contribution in [0.4, 0.5) is 13.2 Å². The lowest BCUT2D eigenvalue weighted by atomic mass is 9.98. The van der Waals surface area contributed by atoms with Crippen LogP contribution in [0.25, 0.3) is 11.0 Å². The third-order valence-electron chi connectivity index (χ3n) is 7.94. The Labute approximate surface area is 256 Å². The van der Waals surface area contributed by atoms with Gasteiger partial charge in [-0.25, -0.2) is 22.9 Å². The van der Waals surface area contributed by atoms with Crippen molar-refractivity contribution in [2.75, 3.05) is 6.61 Å². The second-order valence-corrected chi connectivity index (χ2v) is 11.3. The summed E-state index contributed by atoms with van der Waals surface area (Å²) >= 11 is 5.91. The van der Waals surface area contributed by atoms with Crippen LogP contribution in [0.1, 0.15) is 53.2 Å². The molecule has 1 fully saturated rings. The predicted molar refractivity (Wildman–Crippen MR) is 158 cm³/mol. The van der Waals surface area contributed by atoms with Crippen molar-refractivity contribution in [3.8, 4) is 11.5 Å². The molecule has 1 aromatic heterocycles. The third kappa shape index (κ3) is 5.55. The summed E-state index contributed by atoms with van der Waals surface area (Å²) in [6.07, 6.45) is -0.446. The average molecular weight is 625 g/mol. The summed E-state index contributed by atoms with van der Waals surface area (Å²) in [5.41, 5.74) is 1.46. The summed E-state index contributed by atoms with van der Waals surface area (Å²) in [4.78, 5) is 16.3. The molecule has 3 heterocycles. The van der Waals surface area contributed by atoms with Gasteiger partial charge in [-0.1, -0.05) is 30.3 Å². The number of halogens is 4. The molecule has 0 amide bonds. The fraction of sp³-hybridized carbons (Fsp3) is 0.273. The number of aromatic carboxylic acids is 1. The molecular weight excluding hydrogens is 597 g/mol. The first-order valence-electron chi connectivity index (χ1n) is 14.0. The number of para-hydroxylation sites is 1. The van der Waals surface area contributed by atoms with Crippen molar-refractivity contribution in [2.45, 2.75) is 50.8 Å². The van der Waals surface area contributed by atoms with Gasteiger partial charge < -0.3 is 23.9 Å². The van der Waals surface area contributed by atoms with E-state index in [2.05, 4.69) is 11.6 Å². The summed E-state index contributed by atoms with van der Waals surface area (Å²) in [6, 6.07) is 13.3. The smallest absolute Gasteiger partial charge is 0.335 e. The molecule has 4 aromatic rings. The van der Waals surface area contributed by atoms with Crippen LogP contribution in [0.3, 0.4) is 0 Å². The van der Waals surface area contributed by atoms with Gasteiger partial charge in [0.05, 0.1) is 34.8 Å². The number of ether oxygens (including phenoxy) is 3. The van der Waals surface area contributed by atoms with Crippen molar-refractivity contribution in [3.05, 3.63) is 112 Å². The highest BCUT2D eigenvalue weighted by Crippen LogP contribution is 2.49. The molecule has 3 atom stereocenters. The highest BCUT2D eigenvalue weighted by atomic mass is 35.5. The number of nitrogens with zero attached hydrogens (tertiary/aromatic N) is 2. The molecule has 0 radical (unpaired) electrons. The molecule has 3 aromatic carbocycles. The van der Waals surface area contributed by atoms with E-state index in [1.165, 1.54) is 37.3 Å². The number of carboxylic acids is 1. The van der Waals surface area contributed by atoms with E-state index in [9.17, 15) is 14.3 Å². The second kappa shape index (κ2) is 11.7. The van der Waals surface area contributed by atoms with E-state index in [-0.39, 0.29) is 57.7 Å². The van der Waals surface area contributed by atoms with Crippen LogP contribution in [0.5, 0.6) is 11.5 Å². The molecule has 2 aliphatic rings. The van der Waals surface area contributed by atoms with Crippen molar-refractivity contribution in [3.63, 3.8) is 0 Å². The molecule has 0 saturated carbocycles. The number of benzene rings is 3. The number of alkyl halides is 1. The van der Waals surface area contributed by atoms with Crippen molar-refractivity contribution in [2.24, 2.45) is 0 Å². The minimum absolute atomic E-state index is 0.0673. The second-order valence-electron chi connectivity index (χ2n) is 10.9. The molecule has 0 spiro atoms. The number of carbonyl (C=O) groups is 1. The standard InChI is InChI=1S/C33H28ClF3N2O5/c1-3-24(35)19(15-30-38-27-10-7-18(32(40)41)14-28(27)39(30)17-21-11-12-42-21)13-25(36)22-5-4-6-29-31(22)44-33(2,43-29)23-9-8-20(34)16-26(23)37/h3-10,14,16,21,25H,1,11-13,15,17H2,2H3,(H,40,41)/b24-19-/t21-,25?,33?/m0/s1. The average Bonchev–Trinajstić information content (AvgIpc) is 3.49. The predicted octanol–water partition coefficient (Wildman–Crippen LogP) is 8.01. The molecule has 2 aliphatic heterocycles. The summed E-state index contributed by atoms with van der Waals surface area (Å²) < 4.78 is 65.7. The molecule has 7 nitrogen and oxygen atoms in total. The van der Waals surface area contributed by atoms with Crippen molar-refractivity contribution < 1.29 is 37.3 Å². The van der Waals surface area contributed by atoms with Gasteiger partial charge >= 0.3 is 5.97 Å². The molecule has 228 valence electrons. The Morgan fingerprint density at radius 2 is 2.05 bits per heavy atom. The highest BCUT2D eigenvalue weighted by Gasteiger charge is 2.43. The van der Waals surface area contributed by atoms with Gasteiger partial charge in [0.1, 0.15) is 23.6 Å². The van der Waals surface area contributed by atoms with Gasteiger partial charge in [-0.15, -0.1) is 0 Å². The van der Waals surface area contributed by atoms with Gasteiger partial charge in [0.25, 0.3) is 5.79 Å². The molecule has 11 heteroatoms. The minimum Gasteiger partial charge on any atom is -0.478 e. The Balaban J connectivity index is 1.31. The Morgan fingerprint density at radius 1 is 1.25 bits per heavy atom. The maximum Gasteiger partial charge on any atom is 0.335 e. The van der Waals surface area contributed by atoms with Crippen molar-refractivity contribution in [1.29, 1.82) is 0 Å². The van der Waals surface area contributed by atoms with E-state index >= 15 is 8.78 Å². The van der Waals surface area contributed by atoms with Gasteiger partial charge in [-0.3, -0.25) is 0 Å². The number of hydrogen-bond acceptors (Lipinski definition) is 5. The summed E-state index contributed by atoms with van der Waals surface area (Å²) in [5, 5.41) is 9.72. The third-order valence-corrected chi connectivity index (χ3v) is 8.17. The maximum absolute atomic E-state index is 16.2. The Hall–Kier alpha value is -4.28. The maximum atomic E-state index is 16.2. The quantitative estimate of drug-likeness (QED) is 0.180. The van der Waals surface area contributed by atoms with Crippen molar-refractivity contribution >= 4 is 28.6 Å². The Kier molecular flexibility index (Phi) is 7.89. The lowest BCUT2D eigenvalue weighted by molar-refractivity contribution is -0.0713. The van der Waals surface area contributed by atoms with Crippen LogP contribution in [-0.2, 0) is 23.5 Å². The van der Waals surface area contributed by atoms with Crippen molar-refractivity contribution in [1.82, 2.24) is 9.55 Å². The zero-order valence-corrected chi connectivity index (χ0v) is 24.4. The van der Waals surface area contributed by atoms with E-state index in [1.807, 2.05) is 0 Å². The summed E-state index contributed by atoms with van der Waals surface area (Å²) in [5.74, 6) is -3.28. The zero-order valence-electron chi connectivity index (χ0n) is 23.7. The zero-order chi connectivity index (χ0) is 31.2. The van der Waals surface area contributed by atoms with Gasteiger partial charge in [0.2, 0.25) is 0 Å². The van der Waals surface area contributed by atoms with Gasteiger partial charge in [0, 0.05) is 37.0 Å². The molecule has 1 N–H and O–H groups in total. The molecule has 44 heavy (non-hydrogen) atoms. The minimum atomic E-state index is -1.74. The molecule has 1 saturated heterocycles. The van der Waals surface area contributed by atoms with Crippen LogP contribution >= 0.6 is 11.6 Å². The molecular formula is C33H28ClF3N2O5. The lowest BCUT2D eigenvalue weighted by Crippen LogP contribution is -2.32. The molecule has 6 rings (SSSR count). The van der Waals surface area contributed by atoms with E-state index in [0.717, 1.165) is 18.6 Å². The molecule has 0 bridgehead atoms. The van der Waals surface area contributed by atoms with Crippen LogP contribution < -0.4 is 9.47 Å². The van der Waals surface area contributed by atoms with Gasteiger partial charge in [0.15, 0.2) is 11.5 Å². The number of allylic oxidation sites excluding steroid dienone is 3. The first-order valence-corrected chi connectivity index (χ1v) is 14.4. The number of hydrogen-bond donors (Lipinski definition) is 1. The monoisotopic (exact) mass is 624 g/mol. The number of rotatable bonds is 10.